The van der Waals surface area contributed by atoms with Crippen LogP contribution in [0.3, 0.4) is 0 Å². The second-order valence-corrected chi connectivity index (χ2v) is 9.30. The topological polar surface area (TPSA) is 46.3 Å². The third-order valence-electron chi connectivity index (χ3n) is 5.66. The highest BCUT2D eigenvalue weighted by molar-refractivity contribution is 8.04. The van der Waals surface area contributed by atoms with E-state index in [0.29, 0.717) is 22.5 Å². The summed E-state index contributed by atoms with van der Waals surface area (Å²) in [5, 5.41) is 1.69. The summed E-state index contributed by atoms with van der Waals surface area (Å²) in [5.74, 6) is 1.06. The van der Waals surface area contributed by atoms with Crippen LogP contribution in [0.4, 0.5) is 0 Å². The van der Waals surface area contributed by atoms with Gasteiger partial charge in [0, 0.05) is 29.5 Å². The van der Waals surface area contributed by atoms with Gasteiger partial charge in [-0.1, -0.05) is 67.6 Å². The van der Waals surface area contributed by atoms with Gasteiger partial charge < -0.3 is 9.32 Å². The molecule has 1 unspecified atom stereocenters. The zero-order chi connectivity index (χ0) is 20.5. The fourth-order valence-corrected chi connectivity index (χ4v) is 5.52. The SMILES string of the molecule is CC1CC(c2nc(=O)c(-c3ccccc3)c(-c3ccccc3)o2)=C(N2CCCC2)S1. The molecule has 5 rings (SSSR count). The van der Waals surface area contributed by atoms with Gasteiger partial charge >= 0.3 is 0 Å². The maximum Gasteiger partial charge on any atom is 0.284 e. The van der Waals surface area contributed by atoms with E-state index < -0.39 is 0 Å². The number of aromatic nitrogens is 1. The molecule has 30 heavy (non-hydrogen) atoms. The van der Waals surface area contributed by atoms with Gasteiger partial charge in [0.2, 0.25) is 5.89 Å². The summed E-state index contributed by atoms with van der Waals surface area (Å²) in [6.07, 6.45) is 3.29. The minimum atomic E-state index is -0.237. The highest BCUT2D eigenvalue weighted by Crippen LogP contribution is 2.45. The molecule has 152 valence electrons. The maximum absolute atomic E-state index is 13.3. The summed E-state index contributed by atoms with van der Waals surface area (Å²) >= 11 is 1.88. The molecule has 0 N–H and O–H groups in total. The molecule has 2 aliphatic rings. The van der Waals surface area contributed by atoms with Crippen LogP contribution in [-0.2, 0) is 0 Å². The molecule has 1 aromatic heterocycles. The Balaban J connectivity index is 1.71. The average Bonchev–Trinajstić information content (AvgIpc) is 3.44. The van der Waals surface area contributed by atoms with E-state index in [1.54, 1.807) is 0 Å². The van der Waals surface area contributed by atoms with Crippen LogP contribution in [0.2, 0.25) is 0 Å². The first-order valence-corrected chi connectivity index (χ1v) is 11.4. The van der Waals surface area contributed by atoms with Gasteiger partial charge in [0.05, 0.1) is 10.6 Å². The number of likely N-dealkylation sites (tertiary alicyclic amines) is 1. The summed E-state index contributed by atoms with van der Waals surface area (Å²) in [6, 6.07) is 19.5. The van der Waals surface area contributed by atoms with Gasteiger partial charge in [0.1, 0.15) is 5.76 Å². The van der Waals surface area contributed by atoms with Gasteiger partial charge in [-0.3, -0.25) is 4.79 Å². The van der Waals surface area contributed by atoms with Gasteiger partial charge in [-0.05, 0) is 24.8 Å². The van der Waals surface area contributed by atoms with E-state index in [1.807, 2.05) is 72.4 Å². The molecule has 1 fully saturated rings. The summed E-state index contributed by atoms with van der Waals surface area (Å²) in [6.45, 7) is 4.36. The lowest BCUT2D eigenvalue weighted by atomic mass is 10.0. The molecule has 2 aliphatic heterocycles. The van der Waals surface area contributed by atoms with Gasteiger partial charge in [0.15, 0.2) is 0 Å². The lowest BCUT2D eigenvalue weighted by molar-refractivity contribution is 0.454. The number of benzene rings is 2. The predicted molar refractivity (Wildman–Crippen MR) is 123 cm³/mol. The van der Waals surface area contributed by atoms with Crippen molar-refractivity contribution < 1.29 is 4.42 Å². The van der Waals surface area contributed by atoms with Crippen molar-refractivity contribution in [3.8, 4) is 22.5 Å². The van der Waals surface area contributed by atoms with Crippen LogP contribution >= 0.6 is 11.8 Å². The van der Waals surface area contributed by atoms with Crippen LogP contribution in [0.5, 0.6) is 0 Å². The number of allylic oxidation sites excluding steroid dienone is 1. The first kappa shape index (κ1) is 19.2. The minimum absolute atomic E-state index is 0.237. The number of rotatable bonds is 4. The quantitative estimate of drug-likeness (QED) is 0.549. The van der Waals surface area contributed by atoms with E-state index in [1.165, 1.54) is 17.9 Å². The monoisotopic (exact) mass is 416 g/mol. The summed E-state index contributed by atoms with van der Waals surface area (Å²) < 4.78 is 6.44. The van der Waals surface area contributed by atoms with Gasteiger partial charge in [-0.15, -0.1) is 11.8 Å². The van der Waals surface area contributed by atoms with Crippen LogP contribution in [0, 0.1) is 0 Å². The van der Waals surface area contributed by atoms with E-state index in [0.717, 1.165) is 36.2 Å². The van der Waals surface area contributed by atoms with Crippen molar-refractivity contribution in [2.24, 2.45) is 0 Å². The normalized spacial score (nSPS) is 19.0. The van der Waals surface area contributed by atoms with Crippen molar-refractivity contribution in [3.05, 3.63) is 81.9 Å². The van der Waals surface area contributed by atoms with Gasteiger partial charge in [-0.25, -0.2) is 0 Å². The number of thioether (sulfide) groups is 1. The van der Waals surface area contributed by atoms with E-state index >= 15 is 0 Å². The predicted octanol–water partition coefficient (Wildman–Crippen LogP) is 5.66. The Morgan fingerprint density at radius 1 is 0.967 bits per heavy atom. The molecule has 1 saturated heterocycles. The molecule has 0 radical (unpaired) electrons. The van der Waals surface area contributed by atoms with Crippen molar-refractivity contribution in [2.45, 2.75) is 31.4 Å². The Kier molecular flexibility index (Phi) is 5.21. The molecule has 4 nitrogen and oxygen atoms in total. The average molecular weight is 417 g/mol. The molecular formula is C25H24N2O2S. The second kappa shape index (κ2) is 8.15. The molecule has 3 aromatic rings. The van der Waals surface area contributed by atoms with Crippen molar-refractivity contribution >= 4 is 17.3 Å². The van der Waals surface area contributed by atoms with Gasteiger partial charge in [0.25, 0.3) is 5.56 Å². The molecule has 3 heterocycles. The third kappa shape index (κ3) is 3.58. The Morgan fingerprint density at radius 3 is 2.27 bits per heavy atom. The minimum Gasteiger partial charge on any atom is -0.437 e. The van der Waals surface area contributed by atoms with Crippen LogP contribution in [-0.4, -0.2) is 28.2 Å². The van der Waals surface area contributed by atoms with Crippen molar-refractivity contribution in [1.82, 2.24) is 9.88 Å². The Morgan fingerprint density at radius 2 is 1.60 bits per heavy atom. The van der Waals surface area contributed by atoms with Crippen LogP contribution in [0.15, 0.2) is 74.9 Å². The largest absolute Gasteiger partial charge is 0.437 e. The molecule has 0 spiro atoms. The Labute approximate surface area is 180 Å². The molecule has 0 aliphatic carbocycles. The van der Waals surface area contributed by atoms with Crippen molar-refractivity contribution in [2.75, 3.05) is 13.1 Å². The number of hydrogen-bond donors (Lipinski definition) is 0. The number of nitrogens with zero attached hydrogens (tertiary/aromatic N) is 2. The van der Waals surface area contributed by atoms with E-state index in [2.05, 4.69) is 16.8 Å². The highest BCUT2D eigenvalue weighted by atomic mass is 32.2. The van der Waals surface area contributed by atoms with Crippen molar-refractivity contribution in [3.63, 3.8) is 0 Å². The molecule has 0 bridgehead atoms. The van der Waals surface area contributed by atoms with Crippen LogP contribution < -0.4 is 5.56 Å². The van der Waals surface area contributed by atoms with E-state index in [9.17, 15) is 4.79 Å². The lowest BCUT2D eigenvalue weighted by Gasteiger charge is -2.20. The smallest absolute Gasteiger partial charge is 0.284 e. The van der Waals surface area contributed by atoms with Crippen molar-refractivity contribution in [1.29, 1.82) is 0 Å². The number of hydrogen-bond acceptors (Lipinski definition) is 5. The standard InChI is InChI=1S/C25H24N2O2S/c1-17-16-20(25(30-17)27-14-8-9-15-27)24-26-23(28)21(18-10-4-2-5-11-18)22(29-24)19-12-6-3-7-13-19/h2-7,10-13,17H,8-9,14-16H2,1H3. The highest BCUT2D eigenvalue weighted by Gasteiger charge is 2.31. The second-order valence-electron chi connectivity index (χ2n) is 7.87. The Hall–Kier alpha value is -2.79. The first-order chi connectivity index (χ1) is 14.7. The molecule has 1 atom stereocenters. The van der Waals surface area contributed by atoms with E-state index in [-0.39, 0.29) is 5.56 Å². The van der Waals surface area contributed by atoms with E-state index in [4.69, 9.17) is 4.42 Å². The van der Waals surface area contributed by atoms with Crippen LogP contribution in [0.25, 0.3) is 28.0 Å². The fraction of sp³-hybridized carbons (Fsp3) is 0.280. The first-order valence-electron chi connectivity index (χ1n) is 10.5. The summed E-state index contributed by atoms with van der Waals surface area (Å²) in [5.41, 5.74) is 3.07. The molecule has 2 aromatic carbocycles. The summed E-state index contributed by atoms with van der Waals surface area (Å²) in [4.78, 5) is 20.2. The lowest BCUT2D eigenvalue weighted by Crippen LogP contribution is -2.18. The zero-order valence-corrected chi connectivity index (χ0v) is 17.8. The van der Waals surface area contributed by atoms with Gasteiger partial charge in [-0.2, -0.15) is 4.98 Å². The van der Waals surface area contributed by atoms with Crippen LogP contribution in [0.1, 0.15) is 32.1 Å². The molecule has 0 amide bonds. The Bertz CT molecular complexity index is 1130. The fourth-order valence-electron chi connectivity index (χ4n) is 4.24. The zero-order valence-electron chi connectivity index (χ0n) is 17.0. The summed E-state index contributed by atoms with van der Waals surface area (Å²) in [7, 11) is 0. The molecule has 0 saturated carbocycles. The third-order valence-corrected chi connectivity index (χ3v) is 6.95. The molecule has 5 heteroatoms. The molecular weight excluding hydrogens is 392 g/mol. The maximum atomic E-state index is 13.3.